The van der Waals surface area contributed by atoms with Crippen LogP contribution in [-0.4, -0.2) is 29.8 Å². The minimum absolute atomic E-state index is 0.0127. The topological polar surface area (TPSA) is 85.0 Å². The molecule has 2 heterocycles. The summed E-state index contributed by atoms with van der Waals surface area (Å²) in [6.45, 7) is 0. The molecule has 0 fully saturated rings. The monoisotopic (exact) mass is 407 g/mol. The lowest BCUT2D eigenvalue weighted by Crippen LogP contribution is -2.31. The lowest BCUT2D eigenvalue weighted by Gasteiger charge is -2.18. The van der Waals surface area contributed by atoms with Gasteiger partial charge in [0.2, 0.25) is 5.91 Å². The summed E-state index contributed by atoms with van der Waals surface area (Å²) in [5, 5.41) is 2.66. The van der Waals surface area contributed by atoms with Crippen LogP contribution in [0.15, 0.2) is 46.4 Å². The van der Waals surface area contributed by atoms with Gasteiger partial charge in [0.1, 0.15) is 11.4 Å². The molecule has 0 saturated carbocycles. The van der Waals surface area contributed by atoms with Crippen molar-refractivity contribution >= 4 is 63.4 Å². The fourth-order valence-corrected chi connectivity index (χ4v) is 3.91. The summed E-state index contributed by atoms with van der Waals surface area (Å²) in [5.74, 6) is -0.279. The van der Waals surface area contributed by atoms with Gasteiger partial charge >= 0.3 is 0 Å². The number of carbonyl (C=O) groups is 2. The standard InChI is InChI=1S/C17H14ClN3O3S2/c1-24-14-5-4-10(7-12(14)18)21-16(23)13(8-11-3-2-6-25-11)20-17(21)26-9-15(19)22/h2-8H,9H2,1H3,(H2,19,22). The molecule has 0 spiro atoms. The molecule has 1 aliphatic rings. The number of thiophene rings is 1. The average molecular weight is 408 g/mol. The van der Waals surface area contributed by atoms with Crippen molar-refractivity contribution in [2.75, 3.05) is 17.8 Å². The van der Waals surface area contributed by atoms with E-state index >= 15 is 0 Å². The van der Waals surface area contributed by atoms with Crippen LogP contribution in [0.25, 0.3) is 6.08 Å². The zero-order valence-electron chi connectivity index (χ0n) is 13.6. The molecule has 0 radical (unpaired) electrons. The fraction of sp³-hybridized carbons (Fsp3) is 0.118. The van der Waals surface area contributed by atoms with Crippen LogP contribution >= 0.6 is 34.7 Å². The number of nitrogens with two attached hydrogens (primary N) is 1. The molecular weight excluding hydrogens is 394 g/mol. The van der Waals surface area contributed by atoms with Crippen molar-refractivity contribution < 1.29 is 14.3 Å². The molecule has 0 bridgehead atoms. The van der Waals surface area contributed by atoms with Gasteiger partial charge in [-0.15, -0.1) is 11.3 Å². The van der Waals surface area contributed by atoms with E-state index < -0.39 is 5.91 Å². The number of methoxy groups -OCH3 is 1. The summed E-state index contributed by atoms with van der Waals surface area (Å²) in [6.07, 6.45) is 1.71. The maximum atomic E-state index is 12.9. The molecule has 0 aliphatic carbocycles. The maximum Gasteiger partial charge on any atom is 0.283 e. The van der Waals surface area contributed by atoms with E-state index in [9.17, 15) is 9.59 Å². The average Bonchev–Trinajstić information content (AvgIpc) is 3.22. The van der Waals surface area contributed by atoms with Crippen molar-refractivity contribution in [1.29, 1.82) is 0 Å². The molecule has 0 atom stereocenters. The van der Waals surface area contributed by atoms with Crippen LogP contribution in [0.3, 0.4) is 0 Å². The number of halogens is 1. The Morgan fingerprint density at radius 2 is 2.27 bits per heavy atom. The van der Waals surface area contributed by atoms with Gasteiger partial charge in [0.25, 0.3) is 5.91 Å². The summed E-state index contributed by atoms with van der Waals surface area (Å²) < 4.78 is 5.14. The van der Waals surface area contributed by atoms with Crippen molar-refractivity contribution in [3.63, 3.8) is 0 Å². The Bertz CT molecular complexity index is 910. The molecule has 134 valence electrons. The highest BCUT2D eigenvalue weighted by Crippen LogP contribution is 2.34. The highest BCUT2D eigenvalue weighted by Gasteiger charge is 2.32. The van der Waals surface area contributed by atoms with Gasteiger partial charge in [-0.05, 0) is 35.7 Å². The first-order valence-corrected chi connectivity index (χ1v) is 9.67. The molecule has 1 aromatic carbocycles. The van der Waals surface area contributed by atoms with Gasteiger partial charge in [0, 0.05) is 4.88 Å². The van der Waals surface area contributed by atoms with E-state index in [4.69, 9.17) is 22.1 Å². The summed E-state index contributed by atoms with van der Waals surface area (Å²) >= 11 is 8.79. The fourth-order valence-electron chi connectivity index (χ4n) is 2.26. The van der Waals surface area contributed by atoms with Gasteiger partial charge in [-0.3, -0.25) is 14.5 Å². The zero-order chi connectivity index (χ0) is 18.7. The predicted molar refractivity (Wildman–Crippen MR) is 107 cm³/mol. The number of hydrogen-bond donors (Lipinski definition) is 1. The van der Waals surface area contributed by atoms with E-state index in [0.29, 0.717) is 21.6 Å². The minimum Gasteiger partial charge on any atom is -0.495 e. The largest absolute Gasteiger partial charge is 0.495 e. The highest BCUT2D eigenvalue weighted by atomic mass is 35.5. The Kier molecular flexibility index (Phi) is 5.65. The van der Waals surface area contributed by atoms with E-state index in [1.807, 2.05) is 17.5 Å². The third-order valence-electron chi connectivity index (χ3n) is 3.39. The van der Waals surface area contributed by atoms with Crippen molar-refractivity contribution in [3.05, 3.63) is 51.3 Å². The lowest BCUT2D eigenvalue weighted by molar-refractivity contribution is -0.115. The first kappa shape index (κ1) is 18.5. The van der Waals surface area contributed by atoms with Crippen LogP contribution < -0.4 is 15.4 Å². The number of aliphatic imine (C=N–C) groups is 1. The van der Waals surface area contributed by atoms with Crippen molar-refractivity contribution in [3.8, 4) is 5.75 Å². The number of carbonyl (C=O) groups excluding carboxylic acids is 2. The summed E-state index contributed by atoms with van der Waals surface area (Å²) in [4.78, 5) is 30.8. The Balaban J connectivity index is 1.98. The number of ether oxygens (including phenoxy) is 1. The van der Waals surface area contributed by atoms with Crippen LogP contribution in [-0.2, 0) is 9.59 Å². The van der Waals surface area contributed by atoms with E-state index in [0.717, 1.165) is 16.6 Å². The quantitative estimate of drug-likeness (QED) is 0.770. The summed E-state index contributed by atoms with van der Waals surface area (Å²) in [6, 6.07) is 8.78. The molecule has 2 amide bonds. The SMILES string of the molecule is COc1ccc(N2C(=O)C(=Cc3cccs3)N=C2SCC(N)=O)cc1Cl. The molecule has 2 aromatic rings. The number of hydrogen-bond acceptors (Lipinski definition) is 6. The van der Waals surface area contributed by atoms with Crippen LogP contribution in [0, 0.1) is 0 Å². The molecule has 3 rings (SSSR count). The second-order valence-electron chi connectivity index (χ2n) is 5.15. The van der Waals surface area contributed by atoms with Gasteiger partial charge in [0.15, 0.2) is 5.17 Å². The second kappa shape index (κ2) is 7.94. The number of primary amides is 1. The van der Waals surface area contributed by atoms with Gasteiger partial charge in [-0.25, -0.2) is 4.99 Å². The predicted octanol–water partition coefficient (Wildman–Crippen LogP) is 3.37. The second-order valence-corrected chi connectivity index (χ2v) is 7.48. The van der Waals surface area contributed by atoms with E-state index in [-0.39, 0.29) is 17.4 Å². The van der Waals surface area contributed by atoms with Gasteiger partial charge < -0.3 is 10.5 Å². The molecule has 9 heteroatoms. The molecule has 0 saturated heterocycles. The third kappa shape index (κ3) is 3.92. The number of benzene rings is 1. The molecule has 6 nitrogen and oxygen atoms in total. The highest BCUT2D eigenvalue weighted by molar-refractivity contribution is 8.14. The zero-order valence-corrected chi connectivity index (χ0v) is 16.0. The van der Waals surface area contributed by atoms with Gasteiger partial charge in [0.05, 0.1) is 23.6 Å². The Labute approximate surface area is 163 Å². The summed E-state index contributed by atoms with van der Waals surface area (Å²) in [5.41, 5.74) is 6.04. The Morgan fingerprint density at radius 1 is 1.46 bits per heavy atom. The number of amides is 2. The van der Waals surface area contributed by atoms with E-state index in [1.165, 1.54) is 23.3 Å². The normalized spacial score (nSPS) is 15.5. The first-order valence-electron chi connectivity index (χ1n) is 7.42. The number of rotatable bonds is 5. The van der Waals surface area contributed by atoms with Crippen molar-refractivity contribution in [2.24, 2.45) is 10.7 Å². The van der Waals surface area contributed by atoms with E-state index in [2.05, 4.69) is 4.99 Å². The van der Waals surface area contributed by atoms with Crippen LogP contribution in [0.2, 0.25) is 5.02 Å². The summed E-state index contributed by atoms with van der Waals surface area (Å²) in [7, 11) is 1.51. The molecule has 0 unspecified atom stereocenters. The molecule has 1 aliphatic heterocycles. The molecule has 1 aromatic heterocycles. The van der Waals surface area contributed by atoms with Crippen LogP contribution in [0.4, 0.5) is 5.69 Å². The van der Waals surface area contributed by atoms with Crippen molar-refractivity contribution in [1.82, 2.24) is 0 Å². The number of anilines is 1. The minimum atomic E-state index is -0.492. The molecule has 2 N–H and O–H groups in total. The molecular formula is C17H14ClN3O3S2. The van der Waals surface area contributed by atoms with E-state index in [1.54, 1.807) is 24.3 Å². The van der Waals surface area contributed by atoms with Crippen LogP contribution in [0.1, 0.15) is 4.88 Å². The lowest BCUT2D eigenvalue weighted by atomic mass is 10.2. The third-order valence-corrected chi connectivity index (χ3v) is 5.46. The Hall–Kier alpha value is -2.29. The number of nitrogens with zero attached hydrogens (tertiary/aromatic N) is 2. The van der Waals surface area contributed by atoms with Gasteiger partial charge in [-0.2, -0.15) is 0 Å². The smallest absolute Gasteiger partial charge is 0.283 e. The maximum absolute atomic E-state index is 12.9. The molecule has 26 heavy (non-hydrogen) atoms. The van der Waals surface area contributed by atoms with Gasteiger partial charge in [-0.1, -0.05) is 29.4 Å². The number of thioether (sulfide) groups is 1. The first-order chi connectivity index (χ1) is 12.5. The van der Waals surface area contributed by atoms with Crippen LogP contribution in [0.5, 0.6) is 5.75 Å². The number of amidine groups is 1. The Morgan fingerprint density at radius 3 is 2.88 bits per heavy atom. The van der Waals surface area contributed by atoms with Crippen molar-refractivity contribution in [2.45, 2.75) is 0 Å².